The van der Waals surface area contributed by atoms with E-state index in [2.05, 4.69) is 15.9 Å². The summed E-state index contributed by atoms with van der Waals surface area (Å²) in [6, 6.07) is 5.36. The van der Waals surface area contributed by atoms with Gasteiger partial charge in [-0.15, -0.1) is 0 Å². The SMILES string of the molecule is Cc1ccc(Br)cc1C(=O)N(C)C(C)(C)C(=O)O. The average Bonchev–Trinajstić information content (AvgIpc) is 2.30. The number of halogens is 1. The Balaban J connectivity index is 3.15. The lowest BCUT2D eigenvalue weighted by atomic mass is 10.0. The maximum atomic E-state index is 12.3. The molecule has 1 rings (SSSR count). The smallest absolute Gasteiger partial charge is 0.329 e. The fourth-order valence-electron chi connectivity index (χ4n) is 1.40. The van der Waals surface area contributed by atoms with Crippen LogP contribution in [-0.2, 0) is 4.79 Å². The van der Waals surface area contributed by atoms with Gasteiger partial charge in [0.25, 0.3) is 5.91 Å². The van der Waals surface area contributed by atoms with Crippen molar-refractivity contribution in [1.82, 2.24) is 4.90 Å². The lowest BCUT2D eigenvalue weighted by Gasteiger charge is -2.32. The van der Waals surface area contributed by atoms with Crippen LogP contribution < -0.4 is 0 Å². The number of hydrogen-bond acceptors (Lipinski definition) is 2. The van der Waals surface area contributed by atoms with E-state index in [-0.39, 0.29) is 5.91 Å². The minimum atomic E-state index is -1.24. The van der Waals surface area contributed by atoms with Crippen LogP contribution in [0, 0.1) is 6.92 Å². The van der Waals surface area contributed by atoms with Gasteiger partial charge in [-0.1, -0.05) is 22.0 Å². The number of carboxylic acids is 1. The summed E-state index contributed by atoms with van der Waals surface area (Å²) >= 11 is 3.31. The molecule has 0 saturated heterocycles. The van der Waals surface area contributed by atoms with Gasteiger partial charge in [0.05, 0.1) is 0 Å². The van der Waals surface area contributed by atoms with Crippen molar-refractivity contribution < 1.29 is 14.7 Å². The number of carbonyl (C=O) groups is 2. The standard InChI is InChI=1S/C13H16BrNO3/c1-8-5-6-9(14)7-10(8)11(16)15(4)13(2,3)12(17)18/h5-7H,1-4H3,(H,17,18). The lowest BCUT2D eigenvalue weighted by Crippen LogP contribution is -2.50. The van der Waals surface area contributed by atoms with Crippen LogP contribution in [0.5, 0.6) is 0 Å². The largest absolute Gasteiger partial charge is 0.480 e. The van der Waals surface area contributed by atoms with Gasteiger partial charge in [0.15, 0.2) is 0 Å². The van der Waals surface area contributed by atoms with E-state index in [1.54, 1.807) is 6.07 Å². The van der Waals surface area contributed by atoms with Crippen LogP contribution in [0.3, 0.4) is 0 Å². The van der Waals surface area contributed by atoms with Crippen molar-refractivity contribution in [3.63, 3.8) is 0 Å². The molecule has 0 unspecified atom stereocenters. The monoisotopic (exact) mass is 313 g/mol. The number of benzene rings is 1. The Bertz CT molecular complexity index is 497. The van der Waals surface area contributed by atoms with Gasteiger partial charge in [-0.3, -0.25) is 4.79 Å². The van der Waals surface area contributed by atoms with E-state index in [1.807, 2.05) is 19.1 Å². The summed E-state index contributed by atoms with van der Waals surface area (Å²) in [7, 11) is 1.50. The summed E-state index contributed by atoms with van der Waals surface area (Å²) < 4.78 is 0.790. The third-order valence-corrected chi connectivity index (χ3v) is 3.59. The summed E-state index contributed by atoms with van der Waals surface area (Å²) in [5.74, 6) is -1.34. The Morgan fingerprint density at radius 1 is 1.33 bits per heavy atom. The Morgan fingerprint density at radius 3 is 2.39 bits per heavy atom. The number of likely N-dealkylation sites (N-methyl/N-ethyl adjacent to an activating group) is 1. The molecule has 0 bridgehead atoms. The van der Waals surface area contributed by atoms with Gasteiger partial charge < -0.3 is 10.0 Å². The molecule has 5 heteroatoms. The quantitative estimate of drug-likeness (QED) is 0.933. The summed E-state index contributed by atoms with van der Waals surface area (Å²) in [5.41, 5.74) is 0.0729. The summed E-state index contributed by atoms with van der Waals surface area (Å²) in [5, 5.41) is 9.13. The van der Waals surface area contributed by atoms with Crippen molar-refractivity contribution in [2.45, 2.75) is 26.3 Å². The molecule has 0 atom stereocenters. The Kier molecular flexibility index (Phi) is 4.16. The molecule has 1 N–H and O–H groups in total. The number of carboxylic acid groups (broad SMARTS) is 1. The molecular formula is C13H16BrNO3. The Hall–Kier alpha value is -1.36. The first-order chi connectivity index (χ1) is 8.17. The highest BCUT2D eigenvalue weighted by atomic mass is 79.9. The zero-order valence-electron chi connectivity index (χ0n) is 10.8. The van der Waals surface area contributed by atoms with Gasteiger partial charge in [0, 0.05) is 17.1 Å². The second-order valence-electron chi connectivity index (χ2n) is 4.69. The van der Waals surface area contributed by atoms with Crippen molar-refractivity contribution in [3.05, 3.63) is 33.8 Å². The van der Waals surface area contributed by atoms with Crippen LogP contribution in [0.2, 0.25) is 0 Å². The van der Waals surface area contributed by atoms with Crippen LogP contribution >= 0.6 is 15.9 Å². The van der Waals surface area contributed by atoms with E-state index in [9.17, 15) is 9.59 Å². The molecule has 4 nitrogen and oxygen atoms in total. The number of aryl methyl sites for hydroxylation is 1. The molecule has 18 heavy (non-hydrogen) atoms. The lowest BCUT2D eigenvalue weighted by molar-refractivity contribution is -0.147. The molecule has 0 saturated carbocycles. The second-order valence-corrected chi connectivity index (χ2v) is 5.60. The van der Waals surface area contributed by atoms with Crippen molar-refractivity contribution >= 4 is 27.8 Å². The van der Waals surface area contributed by atoms with Gasteiger partial charge in [-0.25, -0.2) is 4.79 Å². The highest BCUT2D eigenvalue weighted by molar-refractivity contribution is 9.10. The number of hydrogen-bond donors (Lipinski definition) is 1. The van der Waals surface area contributed by atoms with Crippen LogP contribution in [0.15, 0.2) is 22.7 Å². The second kappa shape index (κ2) is 5.10. The first-order valence-electron chi connectivity index (χ1n) is 5.45. The van der Waals surface area contributed by atoms with Crippen molar-refractivity contribution in [2.24, 2.45) is 0 Å². The van der Waals surface area contributed by atoms with E-state index in [0.717, 1.165) is 10.0 Å². The number of carbonyl (C=O) groups excluding carboxylic acids is 1. The molecule has 0 aliphatic heterocycles. The van der Waals surface area contributed by atoms with E-state index in [0.29, 0.717) is 5.56 Å². The highest BCUT2D eigenvalue weighted by Gasteiger charge is 2.35. The third kappa shape index (κ3) is 2.72. The zero-order valence-corrected chi connectivity index (χ0v) is 12.4. The molecule has 1 aromatic carbocycles. The average molecular weight is 314 g/mol. The molecule has 0 radical (unpaired) electrons. The molecule has 0 heterocycles. The molecule has 0 fully saturated rings. The normalized spacial score (nSPS) is 11.2. The van der Waals surface area contributed by atoms with Crippen LogP contribution in [0.4, 0.5) is 0 Å². The highest BCUT2D eigenvalue weighted by Crippen LogP contribution is 2.21. The first-order valence-corrected chi connectivity index (χ1v) is 6.25. The Morgan fingerprint density at radius 2 is 1.89 bits per heavy atom. The van der Waals surface area contributed by atoms with Crippen molar-refractivity contribution in [1.29, 1.82) is 0 Å². The number of amides is 1. The Labute approximate surface area is 115 Å². The van der Waals surface area contributed by atoms with E-state index >= 15 is 0 Å². The number of aliphatic carboxylic acids is 1. The minimum Gasteiger partial charge on any atom is -0.480 e. The predicted octanol–water partition coefficient (Wildman–Crippen LogP) is 2.69. The van der Waals surface area contributed by atoms with Gasteiger partial charge in [-0.05, 0) is 38.5 Å². The molecular weight excluding hydrogens is 298 g/mol. The van der Waals surface area contributed by atoms with Crippen LogP contribution in [0.1, 0.15) is 29.8 Å². The van der Waals surface area contributed by atoms with Crippen molar-refractivity contribution in [2.75, 3.05) is 7.05 Å². The maximum Gasteiger partial charge on any atom is 0.329 e. The maximum absolute atomic E-state index is 12.3. The first kappa shape index (κ1) is 14.7. The molecule has 0 spiro atoms. The predicted molar refractivity (Wildman–Crippen MR) is 72.7 cm³/mol. The molecule has 0 aliphatic rings. The van der Waals surface area contributed by atoms with Gasteiger partial charge >= 0.3 is 5.97 Å². The van der Waals surface area contributed by atoms with Gasteiger partial charge in [-0.2, -0.15) is 0 Å². The zero-order chi connectivity index (χ0) is 14.1. The topological polar surface area (TPSA) is 57.6 Å². The van der Waals surface area contributed by atoms with E-state index in [1.165, 1.54) is 25.8 Å². The van der Waals surface area contributed by atoms with Crippen LogP contribution in [-0.4, -0.2) is 34.5 Å². The molecule has 98 valence electrons. The number of rotatable bonds is 3. The molecule has 0 aromatic heterocycles. The van der Waals surface area contributed by atoms with E-state index < -0.39 is 11.5 Å². The summed E-state index contributed by atoms with van der Waals surface area (Å²) in [6.45, 7) is 4.82. The van der Waals surface area contributed by atoms with Gasteiger partial charge in [0.2, 0.25) is 0 Å². The third-order valence-electron chi connectivity index (χ3n) is 3.10. The number of nitrogens with zero attached hydrogens (tertiary/aromatic N) is 1. The molecule has 0 aliphatic carbocycles. The minimum absolute atomic E-state index is 0.304. The van der Waals surface area contributed by atoms with E-state index in [4.69, 9.17) is 5.11 Å². The van der Waals surface area contributed by atoms with Crippen LogP contribution in [0.25, 0.3) is 0 Å². The molecule has 1 amide bonds. The summed E-state index contributed by atoms with van der Waals surface area (Å²) in [6.07, 6.45) is 0. The summed E-state index contributed by atoms with van der Waals surface area (Å²) in [4.78, 5) is 24.7. The molecule has 1 aromatic rings. The van der Waals surface area contributed by atoms with Crippen molar-refractivity contribution in [3.8, 4) is 0 Å². The fourth-order valence-corrected chi connectivity index (χ4v) is 1.76. The van der Waals surface area contributed by atoms with Gasteiger partial charge in [0.1, 0.15) is 5.54 Å². The fraction of sp³-hybridized carbons (Fsp3) is 0.385.